The third-order valence-corrected chi connectivity index (χ3v) is 6.09. The van der Waals surface area contributed by atoms with Crippen molar-refractivity contribution in [2.75, 3.05) is 27.3 Å². The third kappa shape index (κ3) is 4.27. The Morgan fingerprint density at radius 2 is 1.70 bits per heavy atom. The molecule has 0 aromatic carbocycles. The van der Waals surface area contributed by atoms with E-state index in [0.717, 1.165) is 25.6 Å². The van der Waals surface area contributed by atoms with Crippen molar-refractivity contribution in [3.05, 3.63) is 15.9 Å². The number of carbonyl (C=O) groups is 2. The number of methoxy groups -OCH3 is 2. The maximum Gasteiger partial charge on any atom is 0.321 e. The summed E-state index contributed by atoms with van der Waals surface area (Å²) in [6.07, 6.45) is 0. The van der Waals surface area contributed by atoms with Gasteiger partial charge in [-0.15, -0.1) is 11.3 Å². The average Bonchev–Trinajstić information content (AvgIpc) is 2.84. The van der Waals surface area contributed by atoms with Crippen LogP contribution in [0.2, 0.25) is 0 Å². The van der Waals surface area contributed by atoms with Gasteiger partial charge in [0.25, 0.3) is 10.0 Å². The molecule has 0 aliphatic rings. The van der Waals surface area contributed by atoms with Gasteiger partial charge in [0.05, 0.1) is 18.0 Å². The standard InChI is InChI=1S/C10H12BrNO6S2/c1-17-8(13)5-12(6-9(14)18-2)20(15,16)10-4-3-7(11)19-10/h3-4H,5-6H2,1-2H3. The molecule has 7 nitrogen and oxygen atoms in total. The minimum Gasteiger partial charge on any atom is -0.468 e. The molecule has 0 saturated heterocycles. The van der Waals surface area contributed by atoms with Crippen molar-refractivity contribution in [2.45, 2.75) is 4.21 Å². The summed E-state index contributed by atoms with van der Waals surface area (Å²) in [5.41, 5.74) is 0. The minimum absolute atomic E-state index is 0.0113. The highest BCUT2D eigenvalue weighted by atomic mass is 79.9. The summed E-state index contributed by atoms with van der Waals surface area (Å²) in [7, 11) is -1.71. The van der Waals surface area contributed by atoms with E-state index in [9.17, 15) is 18.0 Å². The summed E-state index contributed by atoms with van der Waals surface area (Å²) in [4.78, 5) is 22.6. The van der Waals surface area contributed by atoms with Crippen LogP contribution in [0.5, 0.6) is 0 Å². The number of esters is 2. The lowest BCUT2D eigenvalue weighted by Crippen LogP contribution is -2.39. The van der Waals surface area contributed by atoms with E-state index in [4.69, 9.17) is 0 Å². The molecule has 0 fully saturated rings. The van der Waals surface area contributed by atoms with Gasteiger partial charge in [-0.05, 0) is 28.1 Å². The van der Waals surface area contributed by atoms with E-state index in [1.807, 2.05) is 0 Å². The zero-order valence-corrected chi connectivity index (χ0v) is 13.9. The van der Waals surface area contributed by atoms with Gasteiger partial charge in [0.2, 0.25) is 0 Å². The van der Waals surface area contributed by atoms with Crippen LogP contribution >= 0.6 is 27.3 Å². The fraction of sp³-hybridized carbons (Fsp3) is 0.400. The first-order chi connectivity index (χ1) is 9.31. The van der Waals surface area contributed by atoms with Crippen LogP contribution in [0.1, 0.15) is 0 Å². The molecule has 0 aliphatic carbocycles. The van der Waals surface area contributed by atoms with Crippen LogP contribution in [0, 0.1) is 0 Å². The lowest BCUT2D eigenvalue weighted by Gasteiger charge is -2.18. The van der Waals surface area contributed by atoms with E-state index in [2.05, 4.69) is 25.4 Å². The molecule has 0 radical (unpaired) electrons. The Morgan fingerprint density at radius 3 is 2.05 bits per heavy atom. The van der Waals surface area contributed by atoms with E-state index >= 15 is 0 Å². The molecule has 1 aromatic rings. The van der Waals surface area contributed by atoms with Crippen molar-refractivity contribution in [1.29, 1.82) is 0 Å². The molecule has 0 spiro atoms. The number of halogens is 1. The second-order valence-corrected chi connectivity index (χ2v) is 8.11. The van der Waals surface area contributed by atoms with Crippen LogP contribution in [-0.4, -0.2) is 52.0 Å². The number of nitrogens with zero attached hydrogens (tertiary/aromatic N) is 1. The van der Waals surface area contributed by atoms with Gasteiger partial charge >= 0.3 is 11.9 Å². The maximum absolute atomic E-state index is 12.3. The number of thiophene rings is 1. The van der Waals surface area contributed by atoms with Gasteiger partial charge in [-0.3, -0.25) is 9.59 Å². The molecular weight excluding hydrogens is 374 g/mol. The summed E-state index contributed by atoms with van der Waals surface area (Å²) in [6, 6.07) is 2.94. The summed E-state index contributed by atoms with van der Waals surface area (Å²) >= 11 is 4.13. The van der Waals surface area contributed by atoms with Crippen molar-refractivity contribution in [3.8, 4) is 0 Å². The Kier molecular flexibility index (Phi) is 6.11. The number of sulfonamides is 1. The average molecular weight is 386 g/mol. The van der Waals surface area contributed by atoms with Gasteiger partial charge in [-0.25, -0.2) is 8.42 Å². The number of carbonyl (C=O) groups excluding carboxylic acids is 2. The van der Waals surface area contributed by atoms with Crippen LogP contribution in [0.4, 0.5) is 0 Å². The highest BCUT2D eigenvalue weighted by Gasteiger charge is 2.30. The smallest absolute Gasteiger partial charge is 0.321 e. The van der Waals surface area contributed by atoms with Crippen molar-refractivity contribution in [3.63, 3.8) is 0 Å². The van der Waals surface area contributed by atoms with Crippen LogP contribution in [0.25, 0.3) is 0 Å². The second kappa shape index (κ2) is 7.16. The Morgan fingerprint density at radius 1 is 1.20 bits per heavy atom. The molecule has 0 N–H and O–H groups in total. The lowest BCUT2D eigenvalue weighted by atomic mass is 10.6. The van der Waals surface area contributed by atoms with Gasteiger partial charge in [-0.2, -0.15) is 4.31 Å². The molecule has 0 bridgehead atoms. The summed E-state index contributed by atoms with van der Waals surface area (Å²) < 4.78 is 34.9. The van der Waals surface area contributed by atoms with Crippen molar-refractivity contribution in [1.82, 2.24) is 4.31 Å². The first kappa shape index (κ1) is 17.1. The van der Waals surface area contributed by atoms with Crippen molar-refractivity contribution < 1.29 is 27.5 Å². The summed E-state index contributed by atoms with van der Waals surface area (Å²) in [6.45, 7) is -1.13. The Hall–Kier alpha value is -0.970. The summed E-state index contributed by atoms with van der Waals surface area (Å²) in [5.74, 6) is -1.54. The van der Waals surface area contributed by atoms with Gasteiger partial charge in [-0.1, -0.05) is 0 Å². The normalized spacial score (nSPS) is 11.4. The number of ether oxygens (including phenoxy) is 2. The molecule has 112 valence electrons. The number of rotatable bonds is 6. The second-order valence-electron chi connectivity index (χ2n) is 3.48. The molecule has 0 aliphatic heterocycles. The predicted molar refractivity (Wildman–Crippen MR) is 74.8 cm³/mol. The topological polar surface area (TPSA) is 90.0 Å². The highest BCUT2D eigenvalue weighted by Crippen LogP contribution is 2.28. The molecule has 1 heterocycles. The molecule has 0 atom stereocenters. The SMILES string of the molecule is COC(=O)CN(CC(=O)OC)S(=O)(=O)c1ccc(Br)s1. The van der Waals surface area contributed by atoms with Gasteiger partial charge in [0.15, 0.2) is 0 Å². The molecule has 10 heteroatoms. The largest absolute Gasteiger partial charge is 0.468 e. The van der Waals surface area contributed by atoms with Gasteiger partial charge < -0.3 is 9.47 Å². The van der Waals surface area contributed by atoms with Crippen LogP contribution in [-0.2, 0) is 29.1 Å². The maximum atomic E-state index is 12.3. The van der Waals surface area contributed by atoms with Gasteiger partial charge in [0.1, 0.15) is 17.3 Å². The third-order valence-electron chi connectivity index (χ3n) is 2.21. The van der Waals surface area contributed by atoms with E-state index in [1.165, 1.54) is 6.07 Å². The lowest BCUT2D eigenvalue weighted by molar-refractivity contribution is -0.143. The fourth-order valence-electron chi connectivity index (χ4n) is 1.21. The minimum atomic E-state index is -3.97. The molecule has 0 unspecified atom stereocenters. The van der Waals surface area contributed by atoms with E-state index < -0.39 is 35.1 Å². The van der Waals surface area contributed by atoms with Crippen LogP contribution in [0.15, 0.2) is 20.1 Å². The van der Waals surface area contributed by atoms with E-state index in [0.29, 0.717) is 8.09 Å². The predicted octanol–water partition coefficient (Wildman–Crippen LogP) is 0.847. The zero-order valence-electron chi connectivity index (χ0n) is 10.7. The Labute approximate surface area is 128 Å². The first-order valence-corrected chi connectivity index (χ1v) is 8.25. The van der Waals surface area contributed by atoms with Crippen molar-refractivity contribution in [2.24, 2.45) is 0 Å². The molecule has 0 amide bonds. The summed E-state index contributed by atoms with van der Waals surface area (Å²) in [5, 5.41) is 0. The number of hydrogen-bond acceptors (Lipinski definition) is 7. The molecule has 1 rings (SSSR count). The van der Waals surface area contributed by atoms with E-state index in [1.54, 1.807) is 6.07 Å². The first-order valence-electron chi connectivity index (χ1n) is 5.20. The quantitative estimate of drug-likeness (QED) is 0.674. The van der Waals surface area contributed by atoms with E-state index in [-0.39, 0.29) is 4.21 Å². The Bertz CT molecular complexity index is 579. The molecular formula is C10H12BrNO6S2. The molecule has 0 saturated carbocycles. The van der Waals surface area contributed by atoms with Crippen molar-refractivity contribution >= 4 is 49.2 Å². The molecule has 1 aromatic heterocycles. The zero-order chi connectivity index (χ0) is 15.3. The highest BCUT2D eigenvalue weighted by molar-refractivity contribution is 9.11. The fourth-order valence-corrected chi connectivity index (χ4v) is 4.70. The number of hydrogen-bond donors (Lipinski definition) is 0. The Balaban J connectivity index is 3.07. The monoisotopic (exact) mass is 385 g/mol. The van der Waals surface area contributed by atoms with Crippen LogP contribution in [0.3, 0.4) is 0 Å². The molecule has 20 heavy (non-hydrogen) atoms. The van der Waals surface area contributed by atoms with Crippen LogP contribution < -0.4 is 0 Å². The van der Waals surface area contributed by atoms with Gasteiger partial charge in [0, 0.05) is 0 Å².